The summed E-state index contributed by atoms with van der Waals surface area (Å²) in [6, 6.07) is 2.93. The molecule has 0 atom stereocenters. The molecule has 4 N–H and O–H groups in total. The van der Waals surface area contributed by atoms with E-state index in [1.807, 2.05) is 6.92 Å². The molecule has 1 aromatic rings. The van der Waals surface area contributed by atoms with Gasteiger partial charge in [0.15, 0.2) is 0 Å². The van der Waals surface area contributed by atoms with Crippen LogP contribution in [0.5, 0.6) is 5.75 Å². The van der Waals surface area contributed by atoms with Gasteiger partial charge in [0.2, 0.25) is 10.0 Å². The Morgan fingerprint density at radius 1 is 1.38 bits per heavy atom. The highest BCUT2D eigenvalue weighted by Crippen LogP contribution is 2.27. The van der Waals surface area contributed by atoms with Crippen LogP contribution < -0.4 is 15.6 Å². The van der Waals surface area contributed by atoms with E-state index in [4.69, 9.17) is 15.6 Å². The fourth-order valence-electron chi connectivity index (χ4n) is 1.34. The minimum atomic E-state index is -3.76. The second kappa shape index (κ2) is 4.71. The van der Waals surface area contributed by atoms with Gasteiger partial charge in [-0.15, -0.1) is 0 Å². The average Bonchev–Trinajstić information content (AvgIpc) is 2.17. The van der Waals surface area contributed by atoms with Crippen LogP contribution in [0.3, 0.4) is 0 Å². The maximum absolute atomic E-state index is 11.3. The molecule has 6 heteroatoms. The minimum Gasteiger partial charge on any atom is -0.493 e. The molecule has 0 amide bonds. The van der Waals surface area contributed by atoms with Crippen LogP contribution in [0.1, 0.15) is 18.9 Å². The Labute approximate surface area is 95.4 Å². The summed E-state index contributed by atoms with van der Waals surface area (Å²) in [5.41, 5.74) is 6.41. The molecular weight excluding hydrogens is 228 g/mol. The van der Waals surface area contributed by atoms with E-state index in [1.165, 1.54) is 6.07 Å². The normalized spacial score (nSPS) is 11.4. The SMILES string of the molecule is CCCOc1cc(N)cc(S(N)(=O)=O)c1C. The number of hydrogen-bond acceptors (Lipinski definition) is 4. The zero-order valence-corrected chi connectivity index (χ0v) is 10.2. The molecule has 0 aliphatic heterocycles. The fourth-order valence-corrected chi connectivity index (χ4v) is 2.17. The molecule has 0 saturated carbocycles. The van der Waals surface area contributed by atoms with E-state index in [9.17, 15) is 8.42 Å². The third-order valence-corrected chi connectivity index (χ3v) is 3.14. The molecule has 90 valence electrons. The van der Waals surface area contributed by atoms with E-state index < -0.39 is 10.0 Å². The molecule has 16 heavy (non-hydrogen) atoms. The maximum atomic E-state index is 11.3. The van der Waals surface area contributed by atoms with Crippen molar-refractivity contribution < 1.29 is 13.2 Å². The standard InChI is InChI=1S/C10H16N2O3S/c1-3-4-15-9-5-8(11)6-10(7(9)2)16(12,13)14/h5-6H,3-4,11H2,1-2H3,(H2,12,13,14). The molecule has 1 aromatic carbocycles. The number of nitrogen functional groups attached to an aromatic ring is 1. The topological polar surface area (TPSA) is 95.4 Å². The quantitative estimate of drug-likeness (QED) is 0.773. The monoisotopic (exact) mass is 244 g/mol. The van der Waals surface area contributed by atoms with Gasteiger partial charge < -0.3 is 10.5 Å². The second-order valence-electron chi connectivity index (χ2n) is 3.54. The molecule has 0 unspecified atom stereocenters. The van der Waals surface area contributed by atoms with Gasteiger partial charge in [-0.25, -0.2) is 13.6 Å². The number of sulfonamides is 1. The van der Waals surface area contributed by atoms with Gasteiger partial charge in [0.1, 0.15) is 5.75 Å². The van der Waals surface area contributed by atoms with Crippen LogP contribution >= 0.6 is 0 Å². The molecule has 1 rings (SSSR count). The molecular formula is C10H16N2O3S. The smallest absolute Gasteiger partial charge is 0.238 e. The number of primary sulfonamides is 1. The molecule has 5 nitrogen and oxygen atoms in total. The highest BCUT2D eigenvalue weighted by atomic mass is 32.2. The van der Waals surface area contributed by atoms with Gasteiger partial charge in [-0.1, -0.05) is 6.92 Å². The molecule has 0 aliphatic rings. The molecule has 0 fully saturated rings. The summed E-state index contributed by atoms with van der Waals surface area (Å²) in [4.78, 5) is 0.0126. The van der Waals surface area contributed by atoms with Crippen molar-refractivity contribution in [2.45, 2.75) is 25.2 Å². The van der Waals surface area contributed by atoms with Crippen LogP contribution in [-0.4, -0.2) is 15.0 Å². The van der Waals surface area contributed by atoms with Crippen molar-refractivity contribution in [3.05, 3.63) is 17.7 Å². The van der Waals surface area contributed by atoms with Crippen LogP contribution in [0.25, 0.3) is 0 Å². The largest absolute Gasteiger partial charge is 0.493 e. The molecule has 0 aliphatic carbocycles. The number of benzene rings is 1. The van der Waals surface area contributed by atoms with Gasteiger partial charge in [-0.05, 0) is 19.4 Å². The lowest BCUT2D eigenvalue weighted by Crippen LogP contribution is -2.15. The lowest BCUT2D eigenvalue weighted by atomic mass is 10.2. The summed E-state index contributed by atoms with van der Waals surface area (Å²) < 4.78 is 28.0. The maximum Gasteiger partial charge on any atom is 0.238 e. The van der Waals surface area contributed by atoms with Gasteiger partial charge >= 0.3 is 0 Å². The Morgan fingerprint density at radius 3 is 2.50 bits per heavy atom. The Hall–Kier alpha value is -1.27. The van der Waals surface area contributed by atoms with Crippen molar-refractivity contribution in [1.82, 2.24) is 0 Å². The highest BCUT2D eigenvalue weighted by Gasteiger charge is 2.16. The third-order valence-electron chi connectivity index (χ3n) is 2.10. The predicted octanol–water partition coefficient (Wildman–Crippen LogP) is 1.01. The zero-order valence-electron chi connectivity index (χ0n) is 9.36. The summed E-state index contributed by atoms with van der Waals surface area (Å²) in [5, 5.41) is 5.09. The first-order chi connectivity index (χ1) is 7.36. The van der Waals surface area contributed by atoms with Crippen molar-refractivity contribution in [2.75, 3.05) is 12.3 Å². The summed E-state index contributed by atoms with van der Waals surface area (Å²) in [6.45, 7) is 4.11. The van der Waals surface area contributed by atoms with E-state index in [0.29, 0.717) is 23.6 Å². The molecule has 0 bridgehead atoms. The van der Waals surface area contributed by atoms with Gasteiger partial charge in [-0.2, -0.15) is 0 Å². The Bertz CT molecular complexity index is 483. The highest BCUT2D eigenvalue weighted by molar-refractivity contribution is 7.89. The number of hydrogen-bond donors (Lipinski definition) is 2. The Kier molecular flexibility index (Phi) is 3.77. The second-order valence-corrected chi connectivity index (χ2v) is 5.07. The van der Waals surface area contributed by atoms with Crippen LogP contribution in [-0.2, 0) is 10.0 Å². The summed E-state index contributed by atoms with van der Waals surface area (Å²) in [7, 11) is -3.76. The number of ether oxygens (including phenoxy) is 1. The van der Waals surface area contributed by atoms with E-state index in [0.717, 1.165) is 6.42 Å². The minimum absolute atomic E-state index is 0.0126. The predicted molar refractivity (Wildman–Crippen MR) is 62.8 cm³/mol. The van der Waals surface area contributed by atoms with Crippen LogP contribution in [0.15, 0.2) is 17.0 Å². The van der Waals surface area contributed by atoms with Crippen molar-refractivity contribution in [2.24, 2.45) is 5.14 Å². The van der Waals surface area contributed by atoms with Crippen LogP contribution in [0.2, 0.25) is 0 Å². The van der Waals surface area contributed by atoms with E-state index in [-0.39, 0.29) is 4.90 Å². The average molecular weight is 244 g/mol. The first-order valence-corrected chi connectivity index (χ1v) is 6.46. The summed E-state index contributed by atoms with van der Waals surface area (Å²) in [5.74, 6) is 0.464. The van der Waals surface area contributed by atoms with Crippen LogP contribution in [0, 0.1) is 6.92 Å². The van der Waals surface area contributed by atoms with Crippen molar-refractivity contribution in [3.8, 4) is 5.75 Å². The van der Waals surface area contributed by atoms with E-state index in [2.05, 4.69) is 0 Å². The fraction of sp³-hybridized carbons (Fsp3) is 0.400. The van der Waals surface area contributed by atoms with Crippen molar-refractivity contribution in [1.29, 1.82) is 0 Å². The third kappa shape index (κ3) is 2.86. The molecule has 0 aromatic heterocycles. The van der Waals surface area contributed by atoms with Gasteiger partial charge in [0.05, 0.1) is 11.5 Å². The molecule has 0 saturated heterocycles. The summed E-state index contributed by atoms with van der Waals surface area (Å²) in [6.07, 6.45) is 0.832. The van der Waals surface area contributed by atoms with Gasteiger partial charge in [0, 0.05) is 17.3 Å². The van der Waals surface area contributed by atoms with E-state index in [1.54, 1.807) is 13.0 Å². The number of anilines is 1. The van der Waals surface area contributed by atoms with Crippen LogP contribution in [0.4, 0.5) is 5.69 Å². The first-order valence-electron chi connectivity index (χ1n) is 4.92. The van der Waals surface area contributed by atoms with Crippen molar-refractivity contribution >= 4 is 15.7 Å². The molecule has 0 spiro atoms. The first kappa shape index (κ1) is 12.8. The Balaban J connectivity index is 3.27. The Morgan fingerprint density at radius 2 is 2.00 bits per heavy atom. The number of rotatable bonds is 4. The van der Waals surface area contributed by atoms with Gasteiger partial charge in [0.25, 0.3) is 0 Å². The van der Waals surface area contributed by atoms with E-state index >= 15 is 0 Å². The lowest BCUT2D eigenvalue weighted by molar-refractivity contribution is 0.314. The molecule has 0 radical (unpaired) electrons. The number of nitrogens with two attached hydrogens (primary N) is 2. The lowest BCUT2D eigenvalue weighted by Gasteiger charge is -2.12. The van der Waals surface area contributed by atoms with Crippen molar-refractivity contribution in [3.63, 3.8) is 0 Å². The zero-order chi connectivity index (χ0) is 12.3. The summed E-state index contributed by atoms with van der Waals surface area (Å²) >= 11 is 0. The van der Waals surface area contributed by atoms with Gasteiger partial charge in [-0.3, -0.25) is 0 Å². The molecule has 0 heterocycles.